The first kappa shape index (κ1) is 27.3. The average molecular weight is 550 g/mol. The number of carbonyl (C=O) groups is 1. The Labute approximate surface area is 220 Å². The number of rotatable bonds is 9. The summed E-state index contributed by atoms with van der Waals surface area (Å²) in [6.07, 6.45) is 3.09. The van der Waals surface area contributed by atoms with Crippen LogP contribution < -0.4 is 16.0 Å². The van der Waals surface area contributed by atoms with Crippen LogP contribution in [0.3, 0.4) is 0 Å². The molecule has 1 unspecified atom stereocenters. The minimum Gasteiger partial charge on any atom is -0.421 e. The highest BCUT2D eigenvalue weighted by Crippen LogP contribution is 2.40. The molecule has 0 spiro atoms. The molecule has 0 fully saturated rings. The second-order valence-corrected chi connectivity index (χ2v) is 9.16. The number of ether oxygens (including phenoxy) is 1. The van der Waals surface area contributed by atoms with E-state index in [1.54, 1.807) is 32.3 Å². The number of dihydropyridines is 1. The Balaban J connectivity index is 1.80. The monoisotopic (exact) mass is 549 g/mol. The summed E-state index contributed by atoms with van der Waals surface area (Å²) in [7, 11) is 0. The van der Waals surface area contributed by atoms with Crippen LogP contribution in [-0.4, -0.2) is 45.2 Å². The number of aromatic nitrogens is 4. The van der Waals surface area contributed by atoms with E-state index in [0.717, 1.165) is 23.1 Å². The lowest BCUT2D eigenvalue weighted by Gasteiger charge is -2.36. The largest absolute Gasteiger partial charge is 0.434 e. The molecular formula is C24H26F3N7O3S. The summed E-state index contributed by atoms with van der Waals surface area (Å²) in [4.78, 5) is 20.6. The maximum atomic E-state index is 13.4. The number of aryl methyl sites for hydroxylation is 1. The van der Waals surface area contributed by atoms with Gasteiger partial charge < -0.3 is 19.8 Å². The topological polar surface area (TPSA) is 127 Å². The van der Waals surface area contributed by atoms with Crippen LogP contribution in [0.4, 0.5) is 18.0 Å². The van der Waals surface area contributed by atoms with E-state index in [4.69, 9.17) is 9.15 Å². The van der Waals surface area contributed by atoms with E-state index >= 15 is 0 Å². The number of urea groups is 1. The van der Waals surface area contributed by atoms with Crippen molar-refractivity contribution in [1.82, 2.24) is 36.1 Å². The summed E-state index contributed by atoms with van der Waals surface area (Å²) >= 11 is 0.830. The van der Waals surface area contributed by atoms with E-state index in [0.29, 0.717) is 41.1 Å². The standard InChI is InChI=1S/C24H26F3N7O3S/c1-4-6-7-36-23(32-22(35)29-5-2)9-17(21-31-19(13-38-21)24(25,26)27)18(12-30-23)15-8-16(11-28-10-15)20-34-33-14(3)37-20/h8-13,30H,4-7H2,1-3H3,(H2,29,32,35). The van der Waals surface area contributed by atoms with E-state index in [-0.39, 0.29) is 17.5 Å². The van der Waals surface area contributed by atoms with Gasteiger partial charge in [0.1, 0.15) is 5.01 Å². The van der Waals surface area contributed by atoms with Crippen LogP contribution >= 0.6 is 11.3 Å². The van der Waals surface area contributed by atoms with Gasteiger partial charge >= 0.3 is 12.2 Å². The number of pyridine rings is 1. The predicted octanol–water partition coefficient (Wildman–Crippen LogP) is 4.73. The number of carbonyl (C=O) groups excluding carboxylic acids is 1. The number of hydrogen-bond acceptors (Lipinski definition) is 9. The quantitative estimate of drug-likeness (QED) is 0.258. The van der Waals surface area contributed by atoms with E-state index in [1.807, 2.05) is 6.92 Å². The van der Waals surface area contributed by atoms with E-state index in [9.17, 15) is 18.0 Å². The third-order valence-electron chi connectivity index (χ3n) is 5.38. The highest BCUT2D eigenvalue weighted by Gasteiger charge is 2.38. The van der Waals surface area contributed by atoms with Crippen LogP contribution in [0.2, 0.25) is 0 Å². The summed E-state index contributed by atoms with van der Waals surface area (Å²) in [5.74, 6) is -0.917. The molecule has 0 saturated carbocycles. The number of nitrogens with one attached hydrogen (secondary N) is 3. The lowest BCUT2D eigenvalue weighted by molar-refractivity contribution is -0.140. The molecule has 3 aromatic rings. The first-order chi connectivity index (χ1) is 18.1. The van der Waals surface area contributed by atoms with Crippen LogP contribution in [0.15, 0.2) is 40.5 Å². The molecule has 1 aliphatic rings. The van der Waals surface area contributed by atoms with E-state index in [1.165, 1.54) is 12.3 Å². The Morgan fingerprint density at radius 2 is 2.00 bits per heavy atom. The molecule has 202 valence electrons. The SMILES string of the molecule is CCCCOC1(NC(=O)NCC)C=C(c2nc(C(F)(F)F)cs2)C(c2cncc(-c3nnc(C)o3)c2)=CN1. The van der Waals surface area contributed by atoms with Crippen molar-refractivity contribution >= 4 is 28.5 Å². The maximum Gasteiger partial charge on any atom is 0.434 e. The minimum absolute atomic E-state index is 0.0882. The van der Waals surface area contributed by atoms with Crippen molar-refractivity contribution in [2.45, 2.75) is 45.6 Å². The van der Waals surface area contributed by atoms with Gasteiger partial charge in [-0.2, -0.15) is 13.2 Å². The first-order valence-corrected chi connectivity index (χ1v) is 12.7. The molecule has 0 radical (unpaired) electrons. The van der Waals surface area contributed by atoms with Gasteiger partial charge in [0.2, 0.25) is 17.6 Å². The number of unbranched alkanes of at least 4 members (excludes halogenated alkanes) is 1. The number of hydrogen-bond donors (Lipinski definition) is 3. The van der Waals surface area contributed by atoms with Crippen LogP contribution in [-0.2, 0) is 10.9 Å². The zero-order valence-electron chi connectivity index (χ0n) is 20.8. The number of alkyl halides is 3. The van der Waals surface area contributed by atoms with Gasteiger partial charge in [-0.3, -0.25) is 10.3 Å². The molecule has 0 bridgehead atoms. The van der Waals surface area contributed by atoms with E-state index < -0.39 is 23.8 Å². The third kappa shape index (κ3) is 6.19. The summed E-state index contributed by atoms with van der Waals surface area (Å²) in [6.45, 7) is 6.05. The number of amides is 2. The number of allylic oxidation sites excluding steroid dienone is 2. The zero-order chi connectivity index (χ0) is 27.3. The Morgan fingerprint density at radius 1 is 1.21 bits per heavy atom. The van der Waals surface area contributed by atoms with Gasteiger partial charge in [0, 0.05) is 60.2 Å². The average Bonchev–Trinajstić information content (AvgIpc) is 3.54. The van der Waals surface area contributed by atoms with Gasteiger partial charge in [-0.15, -0.1) is 21.5 Å². The van der Waals surface area contributed by atoms with Gasteiger partial charge in [0.15, 0.2) is 5.69 Å². The van der Waals surface area contributed by atoms with Crippen LogP contribution in [0.25, 0.3) is 22.6 Å². The highest BCUT2D eigenvalue weighted by molar-refractivity contribution is 7.11. The van der Waals surface area contributed by atoms with Crippen LogP contribution in [0.5, 0.6) is 0 Å². The maximum absolute atomic E-state index is 13.4. The summed E-state index contributed by atoms with van der Waals surface area (Å²) in [6, 6.07) is 1.20. The van der Waals surface area contributed by atoms with Gasteiger partial charge in [-0.05, 0) is 19.4 Å². The molecule has 14 heteroatoms. The second-order valence-electron chi connectivity index (χ2n) is 8.31. The molecule has 38 heavy (non-hydrogen) atoms. The Morgan fingerprint density at radius 3 is 2.66 bits per heavy atom. The van der Waals surface area contributed by atoms with Crippen molar-refractivity contribution in [2.75, 3.05) is 13.2 Å². The normalized spacial score (nSPS) is 17.4. The van der Waals surface area contributed by atoms with Gasteiger partial charge in [0.25, 0.3) is 0 Å². The fraction of sp³-hybridized carbons (Fsp3) is 0.375. The van der Waals surface area contributed by atoms with Crippen molar-refractivity contribution < 1.29 is 27.1 Å². The lowest BCUT2D eigenvalue weighted by Crippen LogP contribution is -2.61. The molecule has 0 saturated heterocycles. The molecular weight excluding hydrogens is 523 g/mol. The molecule has 4 heterocycles. The second kappa shape index (κ2) is 11.3. The Kier molecular flexibility index (Phi) is 8.11. The molecule has 4 rings (SSSR count). The van der Waals surface area contributed by atoms with Crippen molar-refractivity contribution in [1.29, 1.82) is 0 Å². The minimum atomic E-state index is -4.61. The fourth-order valence-electron chi connectivity index (χ4n) is 3.58. The molecule has 10 nitrogen and oxygen atoms in total. The third-order valence-corrected chi connectivity index (χ3v) is 6.26. The molecule has 3 aromatic heterocycles. The smallest absolute Gasteiger partial charge is 0.421 e. The molecule has 0 aromatic carbocycles. The summed E-state index contributed by atoms with van der Waals surface area (Å²) in [5.41, 5.74) is 0.846. The molecule has 1 atom stereocenters. The summed E-state index contributed by atoms with van der Waals surface area (Å²) in [5, 5.41) is 17.3. The van der Waals surface area contributed by atoms with Crippen LogP contribution in [0.1, 0.15) is 48.8 Å². The first-order valence-electron chi connectivity index (χ1n) is 11.8. The molecule has 3 N–H and O–H groups in total. The highest BCUT2D eigenvalue weighted by atomic mass is 32.1. The number of halogens is 3. The van der Waals surface area contributed by atoms with Crippen molar-refractivity contribution in [3.63, 3.8) is 0 Å². The van der Waals surface area contributed by atoms with Gasteiger partial charge in [0.05, 0.1) is 12.2 Å². The fourth-order valence-corrected chi connectivity index (χ4v) is 4.44. The Hall–Kier alpha value is -3.78. The van der Waals surface area contributed by atoms with Gasteiger partial charge in [-0.25, -0.2) is 9.78 Å². The van der Waals surface area contributed by atoms with Crippen molar-refractivity contribution in [2.24, 2.45) is 0 Å². The van der Waals surface area contributed by atoms with Crippen LogP contribution in [0, 0.1) is 6.92 Å². The number of thiazole rings is 1. The molecule has 1 aliphatic heterocycles. The van der Waals surface area contributed by atoms with Crippen molar-refractivity contribution in [3.8, 4) is 11.5 Å². The lowest BCUT2D eigenvalue weighted by atomic mass is 9.95. The van der Waals surface area contributed by atoms with Gasteiger partial charge in [-0.1, -0.05) is 13.3 Å². The molecule has 0 aliphatic carbocycles. The number of nitrogens with zero attached hydrogens (tertiary/aromatic N) is 4. The predicted molar refractivity (Wildman–Crippen MR) is 134 cm³/mol. The zero-order valence-corrected chi connectivity index (χ0v) is 21.7. The van der Waals surface area contributed by atoms with Crippen molar-refractivity contribution in [3.05, 3.63) is 58.3 Å². The molecule has 2 amide bonds. The van der Waals surface area contributed by atoms with E-state index in [2.05, 4.69) is 36.1 Å². The summed E-state index contributed by atoms with van der Waals surface area (Å²) < 4.78 is 51.8. The Bertz CT molecular complexity index is 1350.